The third kappa shape index (κ3) is 3.72. The van der Waals surface area contributed by atoms with E-state index in [-0.39, 0.29) is 18.2 Å². The lowest BCUT2D eigenvalue weighted by atomic mass is 10.1. The van der Waals surface area contributed by atoms with Gasteiger partial charge in [0.2, 0.25) is 11.8 Å². The molecule has 8 heteroatoms. The van der Waals surface area contributed by atoms with Gasteiger partial charge < -0.3 is 10.2 Å². The number of aromatic nitrogens is 2. The smallest absolute Gasteiger partial charge is 0.230 e. The van der Waals surface area contributed by atoms with Crippen molar-refractivity contribution in [3.63, 3.8) is 0 Å². The molecule has 0 aliphatic carbocycles. The molecule has 2 aliphatic heterocycles. The Kier molecular flexibility index (Phi) is 5.24. The number of nitrogens with one attached hydrogen (secondary N) is 1. The summed E-state index contributed by atoms with van der Waals surface area (Å²) in [7, 11) is 0. The molecular formula is C23H21ClN4O2S. The Labute approximate surface area is 189 Å². The highest BCUT2D eigenvalue weighted by molar-refractivity contribution is 7.98. The first-order chi connectivity index (χ1) is 15.0. The van der Waals surface area contributed by atoms with E-state index in [4.69, 9.17) is 16.7 Å². The Morgan fingerprint density at radius 1 is 1.16 bits per heavy atom. The van der Waals surface area contributed by atoms with Gasteiger partial charge in [-0.25, -0.2) is 4.68 Å². The highest BCUT2D eigenvalue weighted by Gasteiger charge is 2.36. The number of nitrogens with zero attached hydrogens (tertiary/aromatic N) is 3. The van der Waals surface area contributed by atoms with Crippen molar-refractivity contribution >= 4 is 46.7 Å². The summed E-state index contributed by atoms with van der Waals surface area (Å²) in [5.41, 5.74) is 4.86. The monoisotopic (exact) mass is 452 g/mol. The molecule has 3 heterocycles. The number of hydrogen-bond acceptors (Lipinski definition) is 4. The number of halogens is 1. The van der Waals surface area contributed by atoms with Gasteiger partial charge in [-0.05, 0) is 42.8 Å². The zero-order valence-electron chi connectivity index (χ0n) is 17.0. The number of carbonyl (C=O) groups is 2. The number of hydrogen-bond donors (Lipinski definition) is 1. The van der Waals surface area contributed by atoms with Gasteiger partial charge >= 0.3 is 0 Å². The number of benzene rings is 2. The van der Waals surface area contributed by atoms with Gasteiger partial charge in [-0.2, -0.15) is 16.9 Å². The molecule has 5 rings (SSSR count). The zero-order valence-corrected chi connectivity index (χ0v) is 18.5. The maximum Gasteiger partial charge on any atom is 0.230 e. The summed E-state index contributed by atoms with van der Waals surface area (Å²) in [6.07, 6.45) is 0.184. The number of thioether (sulfide) groups is 1. The van der Waals surface area contributed by atoms with Crippen molar-refractivity contribution in [1.29, 1.82) is 0 Å². The van der Waals surface area contributed by atoms with Crippen molar-refractivity contribution < 1.29 is 9.59 Å². The molecule has 1 aromatic heterocycles. The number of anilines is 2. The largest absolute Gasteiger partial charge is 0.312 e. The van der Waals surface area contributed by atoms with Crippen LogP contribution in [-0.2, 0) is 21.1 Å². The van der Waals surface area contributed by atoms with E-state index in [0.29, 0.717) is 11.6 Å². The SMILES string of the molecule is Cc1ccccc1-n1nc2c(c1NC(=O)C1CC(=O)N(c3ccc(Cl)cc3)C1)CSC2. The van der Waals surface area contributed by atoms with Gasteiger partial charge in [0.05, 0.1) is 17.3 Å². The van der Waals surface area contributed by atoms with Crippen LogP contribution in [0.4, 0.5) is 11.5 Å². The number of amides is 2. The molecule has 158 valence electrons. The van der Waals surface area contributed by atoms with Crippen LogP contribution in [0.5, 0.6) is 0 Å². The maximum absolute atomic E-state index is 13.2. The highest BCUT2D eigenvalue weighted by Crippen LogP contribution is 2.37. The molecule has 0 radical (unpaired) electrons. The van der Waals surface area contributed by atoms with E-state index in [0.717, 1.165) is 45.5 Å². The van der Waals surface area contributed by atoms with E-state index in [1.807, 2.05) is 35.9 Å². The van der Waals surface area contributed by atoms with Crippen molar-refractivity contribution in [2.45, 2.75) is 24.9 Å². The summed E-state index contributed by atoms with van der Waals surface area (Å²) in [4.78, 5) is 27.4. The molecule has 2 aliphatic rings. The first-order valence-electron chi connectivity index (χ1n) is 10.1. The number of para-hydroxylation sites is 1. The van der Waals surface area contributed by atoms with Crippen molar-refractivity contribution in [2.75, 3.05) is 16.8 Å². The van der Waals surface area contributed by atoms with Gasteiger partial charge in [0.25, 0.3) is 0 Å². The molecule has 6 nitrogen and oxygen atoms in total. The molecule has 1 N–H and O–H groups in total. The third-order valence-corrected chi connectivity index (χ3v) is 6.99. The lowest BCUT2D eigenvalue weighted by Crippen LogP contribution is -2.29. The fourth-order valence-electron chi connectivity index (χ4n) is 4.09. The lowest BCUT2D eigenvalue weighted by molar-refractivity contribution is -0.122. The second-order valence-corrected chi connectivity index (χ2v) is 9.26. The zero-order chi connectivity index (χ0) is 21.5. The van der Waals surface area contributed by atoms with E-state index < -0.39 is 5.92 Å². The summed E-state index contributed by atoms with van der Waals surface area (Å²) in [5.74, 6) is 1.74. The number of rotatable bonds is 4. The first kappa shape index (κ1) is 20.2. The molecule has 1 atom stereocenters. The summed E-state index contributed by atoms with van der Waals surface area (Å²) < 4.78 is 1.84. The highest BCUT2D eigenvalue weighted by atomic mass is 35.5. The number of aryl methyl sites for hydroxylation is 1. The first-order valence-corrected chi connectivity index (χ1v) is 11.7. The van der Waals surface area contributed by atoms with Crippen molar-refractivity contribution in [1.82, 2.24) is 9.78 Å². The van der Waals surface area contributed by atoms with Crippen LogP contribution in [0.1, 0.15) is 23.2 Å². The van der Waals surface area contributed by atoms with E-state index in [9.17, 15) is 9.59 Å². The topological polar surface area (TPSA) is 67.2 Å². The molecule has 0 bridgehead atoms. The molecule has 3 aromatic rings. The summed E-state index contributed by atoms with van der Waals surface area (Å²) in [6.45, 7) is 2.38. The van der Waals surface area contributed by atoms with Gasteiger partial charge in [-0.15, -0.1) is 0 Å². The third-order valence-electron chi connectivity index (χ3n) is 5.77. The fourth-order valence-corrected chi connectivity index (χ4v) is 5.25. The molecule has 1 fully saturated rings. The standard InChI is InChI=1S/C23H21ClN4O2S/c1-14-4-2-3-5-20(14)28-22(18-12-31-13-19(18)26-28)25-23(30)15-10-21(29)27(11-15)17-8-6-16(24)7-9-17/h2-9,15H,10-13H2,1H3,(H,25,30). The molecule has 1 unspecified atom stereocenters. The van der Waals surface area contributed by atoms with Gasteiger partial charge in [-0.1, -0.05) is 29.8 Å². The average molecular weight is 453 g/mol. The quantitative estimate of drug-likeness (QED) is 0.629. The minimum Gasteiger partial charge on any atom is -0.312 e. The Hall–Kier alpha value is -2.77. The van der Waals surface area contributed by atoms with Crippen LogP contribution in [0.3, 0.4) is 0 Å². The molecule has 2 amide bonds. The van der Waals surface area contributed by atoms with E-state index >= 15 is 0 Å². The molecule has 0 spiro atoms. The summed E-state index contributed by atoms with van der Waals surface area (Å²) >= 11 is 7.75. The lowest BCUT2D eigenvalue weighted by Gasteiger charge is -2.17. The van der Waals surface area contributed by atoms with E-state index in [1.165, 1.54) is 0 Å². The van der Waals surface area contributed by atoms with Gasteiger partial charge in [0.1, 0.15) is 5.82 Å². The van der Waals surface area contributed by atoms with Gasteiger partial charge in [0.15, 0.2) is 0 Å². The molecular weight excluding hydrogens is 432 g/mol. The second kappa shape index (κ2) is 8.05. The molecule has 1 saturated heterocycles. The second-order valence-electron chi connectivity index (χ2n) is 7.84. The summed E-state index contributed by atoms with van der Waals surface area (Å²) in [6, 6.07) is 15.1. The molecule has 0 saturated carbocycles. The Morgan fingerprint density at radius 2 is 1.94 bits per heavy atom. The van der Waals surface area contributed by atoms with Crippen molar-refractivity contribution in [2.24, 2.45) is 5.92 Å². The number of carbonyl (C=O) groups excluding carboxylic acids is 2. The van der Waals surface area contributed by atoms with Crippen LogP contribution in [0.15, 0.2) is 48.5 Å². The Bertz CT molecular complexity index is 1170. The van der Waals surface area contributed by atoms with Crippen molar-refractivity contribution in [3.8, 4) is 5.69 Å². The van der Waals surface area contributed by atoms with Crippen LogP contribution < -0.4 is 10.2 Å². The predicted octanol–water partition coefficient (Wildman–Crippen LogP) is 4.57. The van der Waals surface area contributed by atoms with Gasteiger partial charge in [0, 0.05) is 40.7 Å². The summed E-state index contributed by atoms with van der Waals surface area (Å²) in [5, 5.41) is 8.50. The van der Waals surface area contributed by atoms with Crippen LogP contribution in [-0.4, -0.2) is 28.1 Å². The maximum atomic E-state index is 13.2. The Morgan fingerprint density at radius 3 is 2.71 bits per heavy atom. The number of fused-ring (bicyclic) bond motifs is 1. The van der Waals surface area contributed by atoms with Crippen LogP contribution in [0.2, 0.25) is 5.02 Å². The minimum absolute atomic E-state index is 0.0596. The van der Waals surface area contributed by atoms with Crippen LogP contribution >= 0.6 is 23.4 Å². The average Bonchev–Trinajstić information content (AvgIpc) is 3.45. The molecule has 2 aromatic carbocycles. The van der Waals surface area contributed by atoms with Crippen LogP contribution in [0.25, 0.3) is 5.69 Å². The van der Waals surface area contributed by atoms with E-state index in [1.54, 1.807) is 40.9 Å². The van der Waals surface area contributed by atoms with E-state index in [2.05, 4.69) is 5.32 Å². The van der Waals surface area contributed by atoms with Crippen LogP contribution in [0, 0.1) is 12.8 Å². The molecule has 31 heavy (non-hydrogen) atoms. The van der Waals surface area contributed by atoms with Crippen molar-refractivity contribution in [3.05, 3.63) is 70.4 Å². The minimum atomic E-state index is -0.423. The Balaban J connectivity index is 1.41. The normalized spacial score (nSPS) is 17.8. The fraction of sp³-hybridized carbons (Fsp3) is 0.261. The predicted molar refractivity (Wildman–Crippen MR) is 124 cm³/mol. The van der Waals surface area contributed by atoms with Gasteiger partial charge in [-0.3, -0.25) is 9.59 Å².